The predicted molar refractivity (Wildman–Crippen MR) is 86.7 cm³/mol. The smallest absolute Gasteiger partial charge is 0.120 e. The lowest BCUT2D eigenvalue weighted by molar-refractivity contribution is 0.414. The van der Waals surface area contributed by atoms with Crippen molar-refractivity contribution in [1.82, 2.24) is 0 Å². The predicted octanol–water partition coefficient (Wildman–Crippen LogP) is 4.73. The van der Waals surface area contributed by atoms with Crippen LogP contribution in [-0.2, 0) is 5.41 Å². The molecule has 106 valence electrons. The van der Waals surface area contributed by atoms with Gasteiger partial charge in [-0.3, -0.25) is 0 Å². The van der Waals surface area contributed by atoms with Crippen LogP contribution in [0.3, 0.4) is 0 Å². The summed E-state index contributed by atoms with van der Waals surface area (Å²) in [5.74, 6) is 0.827. The van der Waals surface area contributed by atoms with Crippen LogP contribution in [0.1, 0.15) is 26.3 Å². The van der Waals surface area contributed by atoms with E-state index in [1.165, 1.54) is 10.5 Å². The van der Waals surface area contributed by atoms with Crippen LogP contribution in [0.25, 0.3) is 0 Å². The molecule has 0 saturated heterocycles. The summed E-state index contributed by atoms with van der Waals surface area (Å²) in [6.07, 6.45) is 0. The second-order valence-electron chi connectivity index (χ2n) is 5.78. The number of hydrogen-bond acceptors (Lipinski definition) is 3. The lowest BCUT2D eigenvalue weighted by atomic mass is 9.87. The minimum atomic E-state index is 0.179. The van der Waals surface area contributed by atoms with Gasteiger partial charge < -0.3 is 10.5 Å². The molecule has 0 unspecified atom stereocenters. The summed E-state index contributed by atoms with van der Waals surface area (Å²) >= 11 is 1.66. The number of methoxy groups -OCH3 is 1. The van der Waals surface area contributed by atoms with Crippen LogP contribution < -0.4 is 10.5 Å². The number of rotatable bonds is 3. The van der Waals surface area contributed by atoms with Crippen LogP contribution in [0.15, 0.2) is 52.3 Å². The van der Waals surface area contributed by atoms with Gasteiger partial charge in [-0.1, -0.05) is 44.7 Å². The van der Waals surface area contributed by atoms with Crippen LogP contribution >= 0.6 is 11.8 Å². The van der Waals surface area contributed by atoms with Crippen molar-refractivity contribution in [3.63, 3.8) is 0 Å². The molecule has 2 aromatic rings. The molecule has 0 aliphatic heterocycles. The van der Waals surface area contributed by atoms with E-state index in [-0.39, 0.29) is 5.41 Å². The molecule has 0 saturated carbocycles. The Balaban J connectivity index is 2.22. The van der Waals surface area contributed by atoms with Crippen molar-refractivity contribution in [2.75, 3.05) is 12.8 Å². The first-order valence-corrected chi connectivity index (χ1v) is 7.44. The molecule has 0 atom stereocenters. The molecule has 0 heterocycles. The minimum Gasteiger partial charge on any atom is -0.497 e. The highest BCUT2D eigenvalue weighted by Gasteiger charge is 2.13. The zero-order valence-corrected chi connectivity index (χ0v) is 13.3. The summed E-state index contributed by atoms with van der Waals surface area (Å²) in [6, 6.07) is 14.4. The van der Waals surface area contributed by atoms with E-state index in [1.54, 1.807) is 18.9 Å². The number of anilines is 1. The molecular formula is C17H21NOS. The number of nitrogens with two attached hydrogens (primary N) is 1. The molecule has 0 aliphatic rings. The van der Waals surface area contributed by atoms with Gasteiger partial charge in [0.15, 0.2) is 0 Å². The van der Waals surface area contributed by atoms with E-state index in [9.17, 15) is 0 Å². The summed E-state index contributed by atoms with van der Waals surface area (Å²) < 4.78 is 5.24. The largest absolute Gasteiger partial charge is 0.497 e. The fourth-order valence-corrected chi connectivity index (χ4v) is 2.77. The number of benzene rings is 2. The first-order chi connectivity index (χ1) is 9.40. The molecule has 0 fully saturated rings. The summed E-state index contributed by atoms with van der Waals surface area (Å²) in [4.78, 5) is 2.20. The summed E-state index contributed by atoms with van der Waals surface area (Å²) in [6.45, 7) is 6.65. The molecule has 2 rings (SSSR count). The maximum atomic E-state index is 6.01. The average Bonchev–Trinajstić information content (AvgIpc) is 2.41. The molecule has 20 heavy (non-hydrogen) atoms. The van der Waals surface area contributed by atoms with E-state index < -0.39 is 0 Å². The Morgan fingerprint density at radius 2 is 1.65 bits per heavy atom. The second kappa shape index (κ2) is 5.80. The third-order valence-corrected chi connectivity index (χ3v) is 4.25. The van der Waals surface area contributed by atoms with Crippen molar-refractivity contribution in [1.29, 1.82) is 0 Å². The number of hydrogen-bond donors (Lipinski definition) is 1. The lowest BCUT2D eigenvalue weighted by Crippen LogP contribution is -2.10. The van der Waals surface area contributed by atoms with Gasteiger partial charge in [-0.15, -0.1) is 0 Å². The van der Waals surface area contributed by atoms with E-state index >= 15 is 0 Å². The van der Waals surface area contributed by atoms with E-state index in [0.717, 1.165) is 16.3 Å². The summed E-state index contributed by atoms with van der Waals surface area (Å²) in [5.41, 5.74) is 8.30. The topological polar surface area (TPSA) is 35.2 Å². The molecule has 0 amide bonds. The van der Waals surface area contributed by atoms with Crippen molar-refractivity contribution in [2.24, 2.45) is 0 Å². The quantitative estimate of drug-likeness (QED) is 0.829. The van der Waals surface area contributed by atoms with E-state index in [1.807, 2.05) is 18.2 Å². The summed E-state index contributed by atoms with van der Waals surface area (Å²) in [7, 11) is 1.66. The second-order valence-corrected chi connectivity index (χ2v) is 6.90. The Morgan fingerprint density at radius 3 is 2.20 bits per heavy atom. The first kappa shape index (κ1) is 14.8. The van der Waals surface area contributed by atoms with Gasteiger partial charge in [0.1, 0.15) is 5.75 Å². The molecule has 3 heteroatoms. The maximum absolute atomic E-state index is 6.01. The van der Waals surface area contributed by atoms with Gasteiger partial charge in [0, 0.05) is 15.5 Å². The van der Waals surface area contributed by atoms with Crippen LogP contribution in [0.5, 0.6) is 5.75 Å². The molecular weight excluding hydrogens is 266 g/mol. The zero-order chi connectivity index (χ0) is 14.8. The highest BCUT2D eigenvalue weighted by Crippen LogP contribution is 2.35. The minimum absolute atomic E-state index is 0.179. The van der Waals surface area contributed by atoms with Crippen molar-refractivity contribution >= 4 is 17.4 Å². The van der Waals surface area contributed by atoms with Gasteiger partial charge in [0.25, 0.3) is 0 Å². The Bertz CT molecular complexity index is 585. The Kier molecular flexibility index (Phi) is 4.29. The van der Waals surface area contributed by atoms with Crippen molar-refractivity contribution in [2.45, 2.75) is 36.0 Å². The number of nitrogen functional groups attached to an aromatic ring is 1. The molecule has 0 aliphatic carbocycles. The average molecular weight is 287 g/mol. The molecule has 2 nitrogen and oxygen atoms in total. The van der Waals surface area contributed by atoms with Gasteiger partial charge in [-0.2, -0.15) is 0 Å². The maximum Gasteiger partial charge on any atom is 0.120 e. The number of ether oxygens (including phenoxy) is 1. The zero-order valence-electron chi connectivity index (χ0n) is 12.4. The third kappa shape index (κ3) is 3.48. The molecule has 2 aromatic carbocycles. The van der Waals surface area contributed by atoms with Crippen LogP contribution in [0, 0.1) is 0 Å². The lowest BCUT2D eigenvalue weighted by Gasteiger charge is -2.19. The molecule has 0 aromatic heterocycles. The monoisotopic (exact) mass is 287 g/mol. The third-order valence-electron chi connectivity index (χ3n) is 3.17. The van der Waals surface area contributed by atoms with Crippen LogP contribution in [0.4, 0.5) is 5.69 Å². The molecule has 2 N–H and O–H groups in total. The van der Waals surface area contributed by atoms with Crippen molar-refractivity contribution < 1.29 is 4.74 Å². The van der Waals surface area contributed by atoms with Gasteiger partial charge in [-0.25, -0.2) is 0 Å². The van der Waals surface area contributed by atoms with Gasteiger partial charge in [-0.05, 0) is 41.3 Å². The Morgan fingerprint density at radius 1 is 1.00 bits per heavy atom. The van der Waals surface area contributed by atoms with Gasteiger partial charge >= 0.3 is 0 Å². The first-order valence-electron chi connectivity index (χ1n) is 6.62. The van der Waals surface area contributed by atoms with E-state index in [4.69, 9.17) is 10.5 Å². The molecule has 0 radical (unpaired) electrons. The van der Waals surface area contributed by atoms with E-state index in [2.05, 4.69) is 45.0 Å². The van der Waals surface area contributed by atoms with Crippen LogP contribution in [0.2, 0.25) is 0 Å². The molecule has 0 bridgehead atoms. The highest BCUT2D eigenvalue weighted by atomic mass is 32.2. The van der Waals surface area contributed by atoms with Crippen LogP contribution in [-0.4, -0.2) is 7.11 Å². The fourth-order valence-electron chi connectivity index (χ4n) is 1.88. The summed E-state index contributed by atoms with van der Waals surface area (Å²) in [5, 5.41) is 0. The molecule has 0 spiro atoms. The van der Waals surface area contributed by atoms with Crippen molar-refractivity contribution in [3.05, 3.63) is 48.0 Å². The van der Waals surface area contributed by atoms with Gasteiger partial charge in [0.2, 0.25) is 0 Å². The normalized spacial score (nSPS) is 11.4. The fraction of sp³-hybridized carbons (Fsp3) is 0.294. The highest BCUT2D eigenvalue weighted by molar-refractivity contribution is 7.99. The SMILES string of the molecule is COc1ccc(N)c(Sc2ccc(C(C)(C)C)cc2)c1. The van der Waals surface area contributed by atoms with Crippen molar-refractivity contribution in [3.8, 4) is 5.75 Å². The van der Waals surface area contributed by atoms with E-state index in [0.29, 0.717) is 0 Å². The Labute approximate surface area is 125 Å². The van der Waals surface area contributed by atoms with Gasteiger partial charge in [0.05, 0.1) is 7.11 Å². The Hall–Kier alpha value is -1.61. The standard InChI is InChI=1S/C17H21NOS/c1-17(2,3)12-5-8-14(9-6-12)20-16-11-13(19-4)7-10-15(16)18/h5-11H,18H2,1-4H3.